The zero-order valence-corrected chi connectivity index (χ0v) is 12.1. The lowest BCUT2D eigenvalue weighted by molar-refractivity contribution is -0.384. The Morgan fingerprint density at radius 3 is 2.33 bits per heavy atom. The first-order valence-electron chi connectivity index (χ1n) is 6.73. The third-order valence-corrected chi connectivity index (χ3v) is 3.44. The summed E-state index contributed by atoms with van der Waals surface area (Å²) in [6.07, 6.45) is 0.601. The van der Waals surface area contributed by atoms with Gasteiger partial charge in [-0.1, -0.05) is 12.1 Å². The topological polar surface area (TPSA) is 75.4 Å². The van der Waals surface area contributed by atoms with Crippen molar-refractivity contribution in [2.75, 3.05) is 11.9 Å². The van der Waals surface area contributed by atoms with E-state index in [4.69, 9.17) is 5.11 Å². The van der Waals surface area contributed by atoms with Crippen LogP contribution < -0.4 is 5.32 Å². The molecule has 2 aromatic carbocycles. The van der Waals surface area contributed by atoms with Gasteiger partial charge in [-0.25, -0.2) is 0 Å². The standard InChI is InChI=1S/C16H18N2O3/c1-11-9-15(16(18(20)21)10-12(11)2)17-14-5-3-13(4-6-14)7-8-19/h3-6,9-10,17,19H,7-8H2,1-2H3. The van der Waals surface area contributed by atoms with Crippen LogP contribution in [0.25, 0.3) is 0 Å². The van der Waals surface area contributed by atoms with Crippen LogP contribution in [0.15, 0.2) is 36.4 Å². The van der Waals surface area contributed by atoms with Gasteiger partial charge in [-0.05, 0) is 55.2 Å². The van der Waals surface area contributed by atoms with Crippen LogP contribution in [0.1, 0.15) is 16.7 Å². The molecule has 0 bridgehead atoms. The lowest BCUT2D eigenvalue weighted by Gasteiger charge is -2.10. The summed E-state index contributed by atoms with van der Waals surface area (Å²) < 4.78 is 0. The molecule has 0 aliphatic heterocycles. The number of hydrogen-bond acceptors (Lipinski definition) is 4. The predicted molar refractivity (Wildman–Crippen MR) is 83.1 cm³/mol. The summed E-state index contributed by atoms with van der Waals surface area (Å²) in [5.74, 6) is 0. The van der Waals surface area contributed by atoms with Crippen LogP contribution in [0.5, 0.6) is 0 Å². The average molecular weight is 286 g/mol. The van der Waals surface area contributed by atoms with Crippen LogP contribution in [-0.2, 0) is 6.42 Å². The Hall–Kier alpha value is -2.40. The van der Waals surface area contributed by atoms with Gasteiger partial charge in [0.05, 0.1) is 4.92 Å². The van der Waals surface area contributed by atoms with Gasteiger partial charge in [0.15, 0.2) is 0 Å². The summed E-state index contributed by atoms with van der Waals surface area (Å²) in [7, 11) is 0. The van der Waals surface area contributed by atoms with E-state index < -0.39 is 0 Å². The highest BCUT2D eigenvalue weighted by atomic mass is 16.6. The molecule has 0 aliphatic carbocycles. The van der Waals surface area contributed by atoms with E-state index in [2.05, 4.69) is 5.32 Å². The number of nitro benzene ring substituents is 1. The van der Waals surface area contributed by atoms with Gasteiger partial charge in [0.25, 0.3) is 5.69 Å². The molecule has 0 fully saturated rings. The maximum Gasteiger partial charge on any atom is 0.292 e. The molecule has 110 valence electrons. The highest BCUT2D eigenvalue weighted by Gasteiger charge is 2.15. The minimum Gasteiger partial charge on any atom is -0.396 e. The SMILES string of the molecule is Cc1cc(Nc2ccc(CCO)cc2)c([N+](=O)[O-])cc1C. The largest absolute Gasteiger partial charge is 0.396 e. The quantitative estimate of drug-likeness (QED) is 0.651. The monoisotopic (exact) mass is 286 g/mol. The lowest BCUT2D eigenvalue weighted by Crippen LogP contribution is -1.99. The van der Waals surface area contributed by atoms with Gasteiger partial charge in [-0.15, -0.1) is 0 Å². The fourth-order valence-corrected chi connectivity index (χ4v) is 2.09. The van der Waals surface area contributed by atoms with Gasteiger partial charge in [0, 0.05) is 18.4 Å². The first-order valence-corrected chi connectivity index (χ1v) is 6.73. The smallest absolute Gasteiger partial charge is 0.292 e. The highest BCUT2D eigenvalue weighted by molar-refractivity contribution is 5.71. The number of rotatable bonds is 5. The van der Waals surface area contributed by atoms with E-state index in [0.717, 1.165) is 22.4 Å². The van der Waals surface area contributed by atoms with Crippen LogP contribution >= 0.6 is 0 Å². The number of aliphatic hydroxyl groups is 1. The Kier molecular flexibility index (Phi) is 4.55. The third-order valence-electron chi connectivity index (χ3n) is 3.44. The van der Waals surface area contributed by atoms with Gasteiger partial charge in [-0.2, -0.15) is 0 Å². The summed E-state index contributed by atoms with van der Waals surface area (Å²) >= 11 is 0. The van der Waals surface area contributed by atoms with Crippen LogP contribution in [0.2, 0.25) is 0 Å². The van der Waals surface area contributed by atoms with Gasteiger partial charge >= 0.3 is 0 Å². The van der Waals surface area contributed by atoms with E-state index >= 15 is 0 Å². The zero-order valence-electron chi connectivity index (χ0n) is 12.1. The lowest BCUT2D eigenvalue weighted by atomic mass is 10.1. The Labute approximate surface area is 123 Å². The molecule has 5 heteroatoms. The summed E-state index contributed by atoms with van der Waals surface area (Å²) in [4.78, 5) is 10.8. The van der Waals surface area contributed by atoms with E-state index in [1.165, 1.54) is 0 Å². The van der Waals surface area contributed by atoms with Crippen molar-refractivity contribution in [3.8, 4) is 0 Å². The normalized spacial score (nSPS) is 10.4. The molecule has 2 N–H and O–H groups in total. The predicted octanol–water partition coefficient (Wildman–Crippen LogP) is 3.49. The molecule has 5 nitrogen and oxygen atoms in total. The average Bonchev–Trinajstić information content (AvgIpc) is 2.44. The van der Waals surface area contributed by atoms with Gasteiger partial charge in [0.1, 0.15) is 5.69 Å². The Balaban J connectivity index is 2.30. The molecule has 0 saturated heterocycles. The van der Waals surface area contributed by atoms with Crippen molar-refractivity contribution in [3.63, 3.8) is 0 Å². The fourth-order valence-electron chi connectivity index (χ4n) is 2.09. The second kappa shape index (κ2) is 6.37. The molecule has 0 radical (unpaired) electrons. The van der Waals surface area contributed by atoms with Crippen molar-refractivity contribution in [2.24, 2.45) is 0 Å². The number of nitrogens with one attached hydrogen (secondary N) is 1. The molecule has 0 atom stereocenters. The van der Waals surface area contributed by atoms with Gasteiger partial charge in [-0.3, -0.25) is 10.1 Å². The van der Waals surface area contributed by atoms with Crippen LogP contribution in [-0.4, -0.2) is 16.6 Å². The maximum atomic E-state index is 11.2. The van der Waals surface area contributed by atoms with Crippen molar-refractivity contribution in [2.45, 2.75) is 20.3 Å². The molecule has 0 aliphatic rings. The maximum absolute atomic E-state index is 11.2. The summed E-state index contributed by atoms with van der Waals surface area (Å²) in [6.45, 7) is 3.89. The minimum atomic E-state index is -0.380. The van der Waals surface area contributed by atoms with Crippen LogP contribution in [0.3, 0.4) is 0 Å². The third kappa shape index (κ3) is 3.58. The Morgan fingerprint density at radius 1 is 1.14 bits per heavy atom. The Bertz CT molecular complexity index is 651. The van der Waals surface area contributed by atoms with Crippen molar-refractivity contribution < 1.29 is 10.0 Å². The zero-order chi connectivity index (χ0) is 15.4. The number of aryl methyl sites for hydroxylation is 2. The highest BCUT2D eigenvalue weighted by Crippen LogP contribution is 2.30. The Morgan fingerprint density at radius 2 is 1.76 bits per heavy atom. The van der Waals surface area contributed by atoms with E-state index in [9.17, 15) is 10.1 Å². The molecule has 0 unspecified atom stereocenters. The van der Waals surface area contributed by atoms with Gasteiger partial charge in [0.2, 0.25) is 0 Å². The number of nitrogens with zero attached hydrogens (tertiary/aromatic N) is 1. The second-order valence-electron chi connectivity index (χ2n) is 5.01. The molecule has 0 saturated carbocycles. The number of nitro groups is 1. The molecule has 0 aromatic heterocycles. The second-order valence-corrected chi connectivity index (χ2v) is 5.01. The van der Waals surface area contributed by atoms with Crippen molar-refractivity contribution >= 4 is 17.1 Å². The van der Waals surface area contributed by atoms with Crippen LogP contribution in [0, 0.1) is 24.0 Å². The molecule has 0 spiro atoms. The molecular formula is C16H18N2O3. The van der Waals surface area contributed by atoms with E-state index in [0.29, 0.717) is 12.1 Å². The first kappa shape index (κ1) is 15.0. The summed E-state index contributed by atoms with van der Waals surface area (Å²) in [5.41, 5.74) is 4.25. The van der Waals surface area contributed by atoms with Crippen molar-refractivity contribution in [1.82, 2.24) is 0 Å². The molecule has 2 aromatic rings. The van der Waals surface area contributed by atoms with Gasteiger partial charge < -0.3 is 10.4 Å². The van der Waals surface area contributed by atoms with E-state index in [1.807, 2.05) is 38.1 Å². The molecule has 0 amide bonds. The molecular weight excluding hydrogens is 268 g/mol. The number of hydrogen-bond donors (Lipinski definition) is 2. The number of anilines is 2. The molecule has 2 rings (SSSR count). The minimum absolute atomic E-state index is 0.0672. The van der Waals surface area contributed by atoms with Crippen molar-refractivity contribution in [1.29, 1.82) is 0 Å². The number of aliphatic hydroxyl groups excluding tert-OH is 1. The molecule has 21 heavy (non-hydrogen) atoms. The van der Waals surface area contributed by atoms with Crippen molar-refractivity contribution in [3.05, 3.63) is 63.2 Å². The summed E-state index contributed by atoms with van der Waals surface area (Å²) in [6, 6.07) is 10.9. The van der Waals surface area contributed by atoms with E-state index in [1.54, 1.807) is 12.1 Å². The summed E-state index contributed by atoms with van der Waals surface area (Å²) in [5, 5.41) is 23.1. The van der Waals surface area contributed by atoms with Crippen LogP contribution in [0.4, 0.5) is 17.1 Å². The van der Waals surface area contributed by atoms with E-state index in [-0.39, 0.29) is 17.2 Å². The number of benzene rings is 2. The molecule has 0 heterocycles. The fraction of sp³-hybridized carbons (Fsp3) is 0.250. The first-order chi connectivity index (χ1) is 10.0.